The van der Waals surface area contributed by atoms with E-state index in [2.05, 4.69) is 5.32 Å². The van der Waals surface area contributed by atoms with Crippen LogP contribution in [0.2, 0.25) is 0 Å². The third-order valence-corrected chi connectivity index (χ3v) is 2.88. The third kappa shape index (κ3) is 6.13. The number of hydrogen-bond donors (Lipinski definition) is 3. The molecule has 0 aromatic heterocycles. The minimum absolute atomic E-state index is 0.478. The van der Waals surface area contributed by atoms with Gasteiger partial charge in [0.1, 0.15) is 5.60 Å². The normalized spacial score (nSPS) is 14.0. The van der Waals surface area contributed by atoms with Crippen molar-refractivity contribution in [1.29, 1.82) is 0 Å². The molecule has 0 heterocycles. The molecule has 0 unspecified atom stereocenters. The van der Waals surface area contributed by atoms with Crippen LogP contribution in [0.5, 0.6) is 0 Å². The quantitative estimate of drug-likeness (QED) is 0.776. The molecule has 1 amide bonds. The lowest BCUT2D eigenvalue weighted by atomic mass is 9.98. The fourth-order valence-corrected chi connectivity index (χ4v) is 1.91. The summed E-state index contributed by atoms with van der Waals surface area (Å²) in [6, 6.07) is 6.27. The highest BCUT2D eigenvalue weighted by Gasteiger charge is 2.27. The van der Waals surface area contributed by atoms with Gasteiger partial charge in [0.05, 0.1) is 18.6 Å². The third-order valence-electron chi connectivity index (χ3n) is 2.88. The van der Waals surface area contributed by atoms with Crippen LogP contribution in [-0.2, 0) is 9.53 Å². The second-order valence-corrected chi connectivity index (χ2v) is 6.20. The van der Waals surface area contributed by atoms with Crippen molar-refractivity contribution in [2.45, 2.75) is 51.9 Å². The van der Waals surface area contributed by atoms with Gasteiger partial charge in [0, 0.05) is 0 Å². The molecule has 0 bridgehead atoms. The lowest BCUT2D eigenvalue weighted by Crippen LogP contribution is -2.40. The van der Waals surface area contributed by atoms with Gasteiger partial charge in [-0.05, 0) is 33.3 Å². The van der Waals surface area contributed by atoms with Crippen LogP contribution in [0.25, 0.3) is 0 Å². The van der Waals surface area contributed by atoms with Crippen LogP contribution < -0.4 is 5.32 Å². The first-order chi connectivity index (χ1) is 10.1. The average Bonchev–Trinajstić information content (AvgIpc) is 2.34. The van der Waals surface area contributed by atoms with E-state index in [0.717, 1.165) is 5.56 Å². The standard InChI is InChI=1S/C16H23NO5/c1-10-5-7-11(8-6-10)14(12(18)9-13(19)20)17-15(21)22-16(2,3)4/h5-8,12,14,18H,9H2,1-4H3,(H,17,21)(H,19,20)/t12-,14+/m1/s1. The monoisotopic (exact) mass is 309 g/mol. The number of carboxylic acids is 1. The van der Waals surface area contributed by atoms with E-state index in [-0.39, 0.29) is 0 Å². The summed E-state index contributed by atoms with van der Waals surface area (Å²) in [4.78, 5) is 22.7. The fraction of sp³-hybridized carbons (Fsp3) is 0.500. The predicted molar refractivity (Wildman–Crippen MR) is 81.5 cm³/mol. The lowest BCUT2D eigenvalue weighted by Gasteiger charge is -2.26. The number of ether oxygens (including phenoxy) is 1. The van der Waals surface area contributed by atoms with Gasteiger partial charge in [0.25, 0.3) is 0 Å². The molecule has 0 spiro atoms. The Balaban J connectivity index is 2.93. The molecule has 122 valence electrons. The first kappa shape index (κ1) is 18.0. The van der Waals surface area contributed by atoms with E-state index in [1.807, 2.05) is 19.1 Å². The summed E-state index contributed by atoms with van der Waals surface area (Å²) in [6.45, 7) is 7.08. The van der Waals surface area contributed by atoms with Crippen molar-refractivity contribution in [2.75, 3.05) is 0 Å². The Kier molecular flexibility index (Phi) is 5.93. The van der Waals surface area contributed by atoms with Crippen molar-refractivity contribution < 1.29 is 24.5 Å². The molecular weight excluding hydrogens is 286 g/mol. The molecule has 0 aliphatic heterocycles. The van der Waals surface area contributed by atoms with Crippen LogP contribution in [0.1, 0.15) is 44.4 Å². The van der Waals surface area contributed by atoms with Crippen LogP contribution >= 0.6 is 0 Å². The molecule has 0 aliphatic carbocycles. The van der Waals surface area contributed by atoms with Crippen molar-refractivity contribution in [3.05, 3.63) is 35.4 Å². The second-order valence-electron chi connectivity index (χ2n) is 6.20. The van der Waals surface area contributed by atoms with Crippen LogP contribution in [0, 0.1) is 6.92 Å². The van der Waals surface area contributed by atoms with Crippen LogP contribution in [0.15, 0.2) is 24.3 Å². The Morgan fingerprint density at radius 3 is 2.23 bits per heavy atom. The Hall–Kier alpha value is -2.08. The minimum Gasteiger partial charge on any atom is -0.481 e. The smallest absolute Gasteiger partial charge is 0.408 e. The SMILES string of the molecule is Cc1ccc([C@H](NC(=O)OC(C)(C)C)[C@H](O)CC(=O)O)cc1. The van der Waals surface area contributed by atoms with Gasteiger partial charge in [-0.1, -0.05) is 29.8 Å². The largest absolute Gasteiger partial charge is 0.481 e. The van der Waals surface area contributed by atoms with Crippen LogP contribution in [-0.4, -0.2) is 34.0 Å². The van der Waals surface area contributed by atoms with E-state index in [1.165, 1.54) is 0 Å². The lowest BCUT2D eigenvalue weighted by molar-refractivity contribution is -0.139. The first-order valence-electron chi connectivity index (χ1n) is 7.04. The summed E-state index contributed by atoms with van der Waals surface area (Å²) in [5.74, 6) is -1.14. The Morgan fingerprint density at radius 1 is 1.23 bits per heavy atom. The highest BCUT2D eigenvalue weighted by Crippen LogP contribution is 2.21. The maximum absolute atomic E-state index is 11.9. The van der Waals surface area contributed by atoms with Crippen molar-refractivity contribution >= 4 is 12.1 Å². The van der Waals surface area contributed by atoms with Gasteiger partial charge >= 0.3 is 12.1 Å². The molecule has 0 saturated heterocycles. The molecule has 0 aliphatic rings. The van der Waals surface area contributed by atoms with E-state index in [9.17, 15) is 14.7 Å². The van der Waals surface area contributed by atoms with Gasteiger partial charge < -0.3 is 20.3 Å². The number of benzene rings is 1. The Morgan fingerprint density at radius 2 is 1.77 bits per heavy atom. The number of aliphatic hydroxyl groups excluding tert-OH is 1. The number of aliphatic carboxylic acids is 1. The molecule has 3 N–H and O–H groups in total. The van der Waals surface area contributed by atoms with Crippen molar-refractivity contribution in [1.82, 2.24) is 5.32 Å². The number of alkyl carbamates (subject to hydrolysis) is 1. The first-order valence-corrected chi connectivity index (χ1v) is 7.04. The molecule has 1 aromatic carbocycles. The van der Waals surface area contributed by atoms with E-state index < -0.39 is 36.2 Å². The summed E-state index contributed by atoms with van der Waals surface area (Å²) in [6.07, 6.45) is -2.44. The molecule has 2 atom stereocenters. The number of carboxylic acid groups (broad SMARTS) is 1. The van der Waals surface area contributed by atoms with E-state index in [0.29, 0.717) is 5.56 Å². The Labute approximate surface area is 130 Å². The molecule has 22 heavy (non-hydrogen) atoms. The van der Waals surface area contributed by atoms with Gasteiger partial charge in [-0.15, -0.1) is 0 Å². The zero-order chi connectivity index (χ0) is 16.9. The van der Waals surface area contributed by atoms with Crippen LogP contribution in [0.4, 0.5) is 4.79 Å². The van der Waals surface area contributed by atoms with E-state index in [1.54, 1.807) is 32.9 Å². The van der Waals surface area contributed by atoms with Gasteiger partial charge in [0.15, 0.2) is 0 Å². The molecule has 1 aromatic rings. The summed E-state index contributed by atoms with van der Waals surface area (Å²) >= 11 is 0. The van der Waals surface area contributed by atoms with Crippen molar-refractivity contribution in [2.24, 2.45) is 0 Å². The zero-order valence-electron chi connectivity index (χ0n) is 13.3. The molecule has 0 radical (unpaired) electrons. The number of carbonyl (C=O) groups excluding carboxylic acids is 1. The summed E-state index contributed by atoms with van der Waals surface area (Å²) in [5, 5.41) is 21.5. The zero-order valence-corrected chi connectivity index (χ0v) is 13.3. The van der Waals surface area contributed by atoms with Crippen LogP contribution in [0.3, 0.4) is 0 Å². The average molecular weight is 309 g/mol. The maximum atomic E-state index is 11.9. The Bertz CT molecular complexity index is 518. The number of rotatable bonds is 5. The van der Waals surface area contributed by atoms with Crippen molar-refractivity contribution in [3.63, 3.8) is 0 Å². The topological polar surface area (TPSA) is 95.9 Å². The molecule has 1 rings (SSSR count). The fourth-order valence-electron chi connectivity index (χ4n) is 1.91. The number of amides is 1. The van der Waals surface area contributed by atoms with Crippen molar-refractivity contribution in [3.8, 4) is 0 Å². The molecular formula is C16H23NO5. The van der Waals surface area contributed by atoms with Gasteiger partial charge in [0.2, 0.25) is 0 Å². The number of aryl methyl sites for hydroxylation is 1. The summed E-state index contributed by atoms with van der Waals surface area (Å²) in [5.41, 5.74) is 0.956. The number of hydrogen-bond acceptors (Lipinski definition) is 4. The molecule has 0 saturated carbocycles. The second kappa shape index (κ2) is 7.26. The highest BCUT2D eigenvalue weighted by molar-refractivity contribution is 5.70. The molecule has 0 fully saturated rings. The summed E-state index contributed by atoms with van der Waals surface area (Å²) < 4.78 is 5.16. The van der Waals surface area contributed by atoms with Gasteiger partial charge in [-0.2, -0.15) is 0 Å². The van der Waals surface area contributed by atoms with E-state index >= 15 is 0 Å². The minimum atomic E-state index is -1.26. The van der Waals surface area contributed by atoms with E-state index in [4.69, 9.17) is 9.84 Å². The number of nitrogens with one attached hydrogen (secondary N) is 1. The molecule has 6 nitrogen and oxygen atoms in total. The van der Waals surface area contributed by atoms with Gasteiger partial charge in [-0.25, -0.2) is 4.79 Å². The maximum Gasteiger partial charge on any atom is 0.408 e. The summed E-state index contributed by atoms with van der Waals surface area (Å²) in [7, 11) is 0. The molecule has 6 heteroatoms. The predicted octanol–water partition coefficient (Wildman–Crippen LogP) is 2.40. The van der Waals surface area contributed by atoms with Gasteiger partial charge in [-0.3, -0.25) is 4.79 Å². The highest BCUT2D eigenvalue weighted by atomic mass is 16.6. The number of aliphatic hydroxyl groups is 1. The number of carbonyl (C=O) groups is 2.